The van der Waals surface area contributed by atoms with Gasteiger partial charge in [0.15, 0.2) is 5.82 Å². The van der Waals surface area contributed by atoms with E-state index in [1.807, 2.05) is 0 Å². The van der Waals surface area contributed by atoms with E-state index in [4.69, 9.17) is 0 Å². The van der Waals surface area contributed by atoms with Crippen LogP contribution in [0.15, 0.2) is 60.7 Å². The van der Waals surface area contributed by atoms with Gasteiger partial charge in [0, 0.05) is 6.54 Å². The van der Waals surface area contributed by atoms with Crippen LogP contribution < -0.4 is 10.6 Å². The van der Waals surface area contributed by atoms with E-state index in [0.717, 1.165) is 0 Å². The van der Waals surface area contributed by atoms with Crippen LogP contribution in [0.25, 0.3) is 0 Å². The molecule has 0 aliphatic rings. The second-order valence-electron chi connectivity index (χ2n) is 5.89. The topological polar surface area (TPSA) is 66.9 Å². The molecule has 1 aromatic heterocycles. The maximum Gasteiger partial charge on any atom is 0.230 e. The summed E-state index contributed by atoms with van der Waals surface area (Å²) in [6.07, 6.45) is 0.423. The summed E-state index contributed by atoms with van der Waals surface area (Å²) in [5, 5.41) is 13.5. The molecule has 0 fully saturated rings. The van der Waals surface area contributed by atoms with Crippen molar-refractivity contribution in [2.24, 2.45) is 0 Å². The molecule has 2 N–H and O–H groups in total. The minimum atomic E-state index is -0.423. The second-order valence-corrected chi connectivity index (χ2v) is 5.89. The molecule has 7 heteroatoms. The maximum absolute atomic E-state index is 13.6. The Morgan fingerprint density at radius 3 is 2.04 bits per heavy atom. The summed E-state index contributed by atoms with van der Waals surface area (Å²) in [7, 11) is 0. The molecule has 1 heterocycles. The van der Waals surface area contributed by atoms with Crippen molar-refractivity contribution < 1.29 is 13.6 Å². The molecule has 0 atom stereocenters. The van der Waals surface area contributed by atoms with Gasteiger partial charge in [0.2, 0.25) is 5.91 Å². The molecule has 1 amide bonds. The normalized spacial score (nSPS) is 10.4. The molecule has 3 rings (SSSR count). The van der Waals surface area contributed by atoms with Gasteiger partial charge in [-0.05, 0) is 41.8 Å². The SMILES string of the molecule is O=C(Cc1ccccc1F)Nc1ccc(NCCc2ccccc2F)nn1. The third-order valence-corrected chi connectivity index (χ3v) is 3.90. The van der Waals surface area contributed by atoms with Crippen LogP contribution in [0.5, 0.6) is 0 Å². The lowest BCUT2D eigenvalue weighted by atomic mass is 10.1. The van der Waals surface area contributed by atoms with Gasteiger partial charge in [0.05, 0.1) is 6.42 Å². The Labute approximate surface area is 155 Å². The largest absolute Gasteiger partial charge is 0.368 e. The number of carbonyl (C=O) groups is 1. The molecular weight excluding hydrogens is 350 g/mol. The molecule has 0 saturated carbocycles. The Bertz CT molecular complexity index is 916. The molecule has 27 heavy (non-hydrogen) atoms. The lowest BCUT2D eigenvalue weighted by Crippen LogP contribution is -2.16. The molecule has 0 spiro atoms. The molecule has 0 radical (unpaired) electrons. The third-order valence-electron chi connectivity index (χ3n) is 3.90. The van der Waals surface area contributed by atoms with Crippen molar-refractivity contribution in [2.75, 3.05) is 17.2 Å². The predicted molar refractivity (Wildman–Crippen MR) is 99.4 cm³/mol. The summed E-state index contributed by atoms with van der Waals surface area (Å²) in [5.41, 5.74) is 0.935. The van der Waals surface area contributed by atoms with E-state index in [1.54, 1.807) is 48.5 Å². The summed E-state index contributed by atoms with van der Waals surface area (Å²) in [4.78, 5) is 12.0. The number of hydrogen-bond donors (Lipinski definition) is 2. The first-order valence-corrected chi connectivity index (χ1v) is 8.46. The lowest BCUT2D eigenvalue weighted by Gasteiger charge is -2.08. The Morgan fingerprint density at radius 2 is 1.41 bits per heavy atom. The molecule has 5 nitrogen and oxygen atoms in total. The van der Waals surface area contributed by atoms with Gasteiger partial charge < -0.3 is 10.6 Å². The number of amides is 1. The highest BCUT2D eigenvalue weighted by Gasteiger charge is 2.09. The Balaban J connectivity index is 1.49. The lowest BCUT2D eigenvalue weighted by molar-refractivity contribution is -0.115. The van der Waals surface area contributed by atoms with Crippen LogP contribution in [-0.4, -0.2) is 22.6 Å². The van der Waals surface area contributed by atoms with Crippen molar-refractivity contribution in [2.45, 2.75) is 12.8 Å². The number of nitrogens with zero attached hydrogens (tertiary/aromatic N) is 2. The van der Waals surface area contributed by atoms with Crippen LogP contribution in [0.1, 0.15) is 11.1 Å². The van der Waals surface area contributed by atoms with Gasteiger partial charge in [0.25, 0.3) is 0 Å². The van der Waals surface area contributed by atoms with Gasteiger partial charge in [-0.15, -0.1) is 10.2 Å². The van der Waals surface area contributed by atoms with Crippen molar-refractivity contribution in [3.05, 3.63) is 83.4 Å². The van der Waals surface area contributed by atoms with Crippen molar-refractivity contribution in [1.29, 1.82) is 0 Å². The zero-order valence-electron chi connectivity index (χ0n) is 14.5. The van der Waals surface area contributed by atoms with Gasteiger partial charge in [-0.2, -0.15) is 0 Å². The highest BCUT2D eigenvalue weighted by Crippen LogP contribution is 2.11. The second kappa shape index (κ2) is 8.84. The van der Waals surface area contributed by atoms with Crippen LogP contribution in [0.2, 0.25) is 0 Å². The molecule has 0 saturated heterocycles. The summed E-state index contributed by atoms with van der Waals surface area (Å²) in [6, 6.07) is 16.0. The van der Waals surface area contributed by atoms with Crippen molar-refractivity contribution >= 4 is 17.5 Å². The average molecular weight is 368 g/mol. The fraction of sp³-hybridized carbons (Fsp3) is 0.150. The quantitative estimate of drug-likeness (QED) is 0.669. The van der Waals surface area contributed by atoms with E-state index >= 15 is 0 Å². The molecule has 0 aliphatic carbocycles. The van der Waals surface area contributed by atoms with Crippen LogP contribution >= 0.6 is 0 Å². The van der Waals surface area contributed by atoms with E-state index in [-0.39, 0.29) is 24.0 Å². The van der Waals surface area contributed by atoms with E-state index in [1.165, 1.54) is 12.1 Å². The minimum Gasteiger partial charge on any atom is -0.368 e. The molecule has 0 bridgehead atoms. The first-order valence-electron chi connectivity index (χ1n) is 8.46. The van der Waals surface area contributed by atoms with Crippen LogP contribution in [0.4, 0.5) is 20.4 Å². The van der Waals surface area contributed by atoms with Crippen LogP contribution in [0.3, 0.4) is 0 Å². The van der Waals surface area contributed by atoms with Gasteiger partial charge >= 0.3 is 0 Å². The Morgan fingerprint density at radius 1 is 0.815 bits per heavy atom. The van der Waals surface area contributed by atoms with Gasteiger partial charge in [-0.3, -0.25) is 4.79 Å². The fourth-order valence-electron chi connectivity index (χ4n) is 2.52. The van der Waals surface area contributed by atoms with Gasteiger partial charge in [-0.1, -0.05) is 36.4 Å². The van der Waals surface area contributed by atoms with E-state index in [0.29, 0.717) is 29.9 Å². The number of rotatable bonds is 7. The molecular formula is C20H18F2N4O. The number of benzene rings is 2. The molecule has 0 aliphatic heterocycles. The van der Waals surface area contributed by atoms with Crippen LogP contribution in [-0.2, 0) is 17.6 Å². The fourth-order valence-corrected chi connectivity index (χ4v) is 2.52. The number of halogens is 2. The molecule has 138 valence electrons. The average Bonchev–Trinajstić information content (AvgIpc) is 2.66. The third kappa shape index (κ3) is 5.31. The number of aromatic nitrogens is 2. The molecule has 2 aromatic carbocycles. The van der Waals surface area contributed by atoms with Gasteiger partial charge in [-0.25, -0.2) is 8.78 Å². The number of hydrogen-bond acceptors (Lipinski definition) is 4. The standard InChI is InChI=1S/C20H18F2N4O/c21-16-7-3-1-5-14(16)11-12-23-18-9-10-19(26-25-18)24-20(27)13-15-6-2-4-8-17(15)22/h1-10H,11-13H2,(H,23,25)(H,24,26,27). The first kappa shape index (κ1) is 18.4. The molecule has 0 unspecified atom stereocenters. The summed E-state index contributed by atoms with van der Waals surface area (Å²) < 4.78 is 27.1. The highest BCUT2D eigenvalue weighted by molar-refractivity contribution is 5.91. The Hall–Kier alpha value is -3.35. The smallest absolute Gasteiger partial charge is 0.230 e. The van der Waals surface area contributed by atoms with E-state index < -0.39 is 5.82 Å². The number of nitrogens with one attached hydrogen (secondary N) is 2. The minimum absolute atomic E-state index is 0.0863. The number of carbonyl (C=O) groups excluding carboxylic acids is 1. The zero-order chi connectivity index (χ0) is 19.1. The van der Waals surface area contributed by atoms with Crippen molar-refractivity contribution in [1.82, 2.24) is 10.2 Å². The van der Waals surface area contributed by atoms with E-state index in [9.17, 15) is 13.6 Å². The summed E-state index contributed by atoms with van der Waals surface area (Å²) >= 11 is 0. The summed E-state index contributed by atoms with van der Waals surface area (Å²) in [5.74, 6) is -0.254. The highest BCUT2D eigenvalue weighted by atomic mass is 19.1. The zero-order valence-corrected chi connectivity index (χ0v) is 14.5. The predicted octanol–water partition coefficient (Wildman–Crippen LogP) is 3.59. The van der Waals surface area contributed by atoms with Crippen molar-refractivity contribution in [3.63, 3.8) is 0 Å². The van der Waals surface area contributed by atoms with Crippen molar-refractivity contribution in [3.8, 4) is 0 Å². The number of anilines is 2. The monoisotopic (exact) mass is 368 g/mol. The summed E-state index contributed by atoms with van der Waals surface area (Å²) in [6.45, 7) is 0.495. The van der Waals surface area contributed by atoms with Gasteiger partial charge in [0.1, 0.15) is 17.5 Å². The maximum atomic E-state index is 13.6. The van der Waals surface area contributed by atoms with Crippen LogP contribution in [0, 0.1) is 11.6 Å². The molecule has 3 aromatic rings. The Kier molecular flexibility index (Phi) is 6.04. The first-order chi connectivity index (χ1) is 13.1. The van der Waals surface area contributed by atoms with E-state index in [2.05, 4.69) is 20.8 Å².